The molecule has 2 fully saturated rings. The molecular formula is C26H37N3O7. The van der Waals surface area contributed by atoms with Crippen molar-refractivity contribution >= 4 is 23.7 Å². The van der Waals surface area contributed by atoms with Crippen LogP contribution in [0.3, 0.4) is 0 Å². The number of aliphatic hydroxyl groups is 1. The number of carbonyl (C=O) groups excluding carboxylic acids is 4. The summed E-state index contributed by atoms with van der Waals surface area (Å²) in [5.74, 6) is -3.14. The van der Waals surface area contributed by atoms with Crippen LogP contribution in [0.1, 0.15) is 46.0 Å². The number of nitrogens with one attached hydrogen (secondary N) is 1. The third-order valence-corrected chi connectivity index (χ3v) is 7.46. The summed E-state index contributed by atoms with van der Waals surface area (Å²) in [6, 6.07) is -0.929. The first-order valence-corrected chi connectivity index (χ1v) is 13.0. The molecule has 0 aliphatic carbocycles. The Labute approximate surface area is 211 Å². The predicted octanol–water partition coefficient (Wildman–Crippen LogP) is 0.546. The highest BCUT2D eigenvalue weighted by Crippen LogP contribution is 2.53. The molecule has 4 aliphatic rings. The van der Waals surface area contributed by atoms with Crippen LogP contribution in [0.15, 0.2) is 24.3 Å². The lowest BCUT2D eigenvalue weighted by Gasteiger charge is -2.35. The number of cyclic esters (lactones) is 1. The fraction of sp³-hybridized carbons (Fsp3) is 0.692. The van der Waals surface area contributed by atoms with E-state index in [0.29, 0.717) is 25.9 Å². The minimum Gasteiger partial charge on any atom is -0.460 e. The number of amides is 3. The van der Waals surface area contributed by atoms with Crippen LogP contribution < -0.4 is 5.32 Å². The van der Waals surface area contributed by atoms with Gasteiger partial charge in [0.25, 0.3) is 0 Å². The van der Waals surface area contributed by atoms with E-state index in [-0.39, 0.29) is 43.8 Å². The van der Waals surface area contributed by atoms with Gasteiger partial charge in [-0.3, -0.25) is 19.2 Å². The van der Waals surface area contributed by atoms with Gasteiger partial charge in [0, 0.05) is 32.7 Å². The van der Waals surface area contributed by atoms with Gasteiger partial charge in [-0.05, 0) is 26.2 Å². The van der Waals surface area contributed by atoms with Crippen molar-refractivity contribution in [3.05, 3.63) is 24.3 Å². The molecule has 3 amide bonds. The van der Waals surface area contributed by atoms with Crippen molar-refractivity contribution in [1.82, 2.24) is 15.1 Å². The maximum Gasteiger partial charge on any atom is 0.313 e. The van der Waals surface area contributed by atoms with Gasteiger partial charge < -0.3 is 29.7 Å². The summed E-state index contributed by atoms with van der Waals surface area (Å²) < 4.78 is 12.2. The summed E-state index contributed by atoms with van der Waals surface area (Å²) in [7, 11) is 0. The zero-order valence-electron chi connectivity index (χ0n) is 21.1. The number of nitrogens with zero attached hydrogens (tertiary/aromatic N) is 2. The molecule has 0 saturated carbocycles. The summed E-state index contributed by atoms with van der Waals surface area (Å²) in [6.45, 7) is 4.94. The molecule has 10 nitrogen and oxygen atoms in total. The molecule has 4 heterocycles. The van der Waals surface area contributed by atoms with Gasteiger partial charge in [-0.1, -0.05) is 37.6 Å². The number of hydrogen-bond acceptors (Lipinski definition) is 7. The molecule has 0 aromatic rings. The minimum absolute atomic E-state index is 0.126. The summed E-state index contributed by atoms with van der Waals surface area (Å²) in [5.41, 5.74) is -1.32. The molecule has 2 N–H and O–H groups in total. The van der Waals surface area contributed by atoms with E-state index >= 15 is 0 Å². The van der Waals surface area contributed by atoms with E-state index in [1.165, 1.54) is 4.90 Å². The lowest BCUT2D eigenvalue weighted by molar-refractivity contribution is -0.158. The number of fused-ring (bicyclic) bond motifs is 2. The molecule has 1 spiro atoms. The smallest absolute Gasteiger partial charge is 0.313 e. The average Bonchev–Trinajstić information content (AvgIpc) is 3.23. The van der Waals surface area contributed by atoms with Crippen molar-refractivity contribution in [3.8, 4) is 0 Å². The van der Waals surface area contributed by atoms with Crippen LogP contribution in [0.2, 0.25) is 0 Å². The van der Waals surface area contributed by atoms with Crippen LogP contribution >= 0.6 is 0 Å². The Morgan fingerprint density at radius 1 is 1.14 bits per heavy atom. The molecule has 0 bridgehead atoms. The Morgan fingerprint density at radius 2 is 1.94 bits per heavy atom. The molecular weight excluding hydrogens is 466 g/mol. The first-order valence-electron chi connectivity index (χ1n) is 13.0. The van der Waals surface area contributed by atoms with E-state index in [4.69, 9.17) is 9.47 Å². The van der Waals surface area contributed by atoms with Gasteiger partial charge in [0.1, 0.15) is 23.7 Å². The summed E-state index contributed by atoms with van der Waals surface area (Å²) >= 11 is 0. The highest BCUT2D eigenvalue weighted by atomic mass is 16.6. The summed E-state index contributed by atoms with van der Waals surface area (Å²) in [4.78, 5) is 56.5. The van der Waals surface area contributed by atoms with E-state index in [0.717, 1.165) is 12.8 Å². The molecule has 0 aromatic carbocycles. The van der Waals surface area contributed by atoms with Crippen molar-refractivity contribution in [3.63, 3.8) is 0 Å². The second-order valence-electron chi connectivity index (χ2n) is 10.0. The van der Waals surface area contributed by atoms with Gasteiger partial charge >= 0.3 is 5.97 Å². The zero-order chi connectivity index (χ0) is 25.9. The molecule has 4 rings (SSSR count). The maximum atomic E-state index is 13.9. The monoisotopic (exact) mass is 503 g/mol. The molecule has 0 unspecified atom stereocenters. The number of hydrogen-bond donors (Lipinski definition) is 2. The molecule has 6 atom stereocenters. The van der Waals surface area contributed by atoms with Gasteiger partial charge in [0.2, 0.25) is 17.7 Å². The number of allylic oxidation sites excluding steroid dienone is 1. The topological polar surface area (TPSA) is 125 Å². The molecule has 10 heteroatoms. The Morgan fingerprint density at radius 3 is 2.69 bits per heavy atom. The largest absolute Gasteiger partial charge is 0.460 e. The van der Waals surface area contributed by atoms with Crippen LogP contribution in [-0.4, -0.2) is 95.2 Å². The molecule has 2 saturated heterocycles. The highest BCUT2D eigenvalue weighted by molar-refractivity contribution is 5.99. The first kappa shape index (κ1) is 26.3. The normalized spacial score (nSPS) is 35.7. The van der Waals surface area contributed by atoms with Gasteiger partial charge in [0.05, 0.1) is 18.6 Å². The predicted molar refractivity (Wildman–Crippen MR) is 129 cm³/mol. The Bertz CT molecular complexity index is 934. The molecule has 36 heavy (non-hydrogen) atoms. The number of ether oxygens (including phenoxy) is 2. The Balaban J connectivity index is 1.75. The molecule has 4 aliphatic heterocycles. The molecule has 0 radical (unpaired) electrons. The molecule has 198 valence electrons. The Hall–Kier alpha value is -2.72. The fourth-order valence-electron chi connectivity index (χ4n) is 5.74. The number of esters is 1. The van der Waals surface area contributed by atoms with Gasteiger partial charge in [0.15, 0.2) is 0 Å². The van der Waals surface area contributed by atoms with E-state index in [2.05, 4.69) is 12.2 Å². The fourth-order valence-corrected chi connectivity index (χ4v) is 5.74. The quantitative estimate of drug-likeness (QED) is 0.400. The van der Waals surface area contributed by atoms with Crippen molar-refractivity contribution in [1.29, 1.82) is 0 Å². The van der Waals surface area contributed by atoms with E-state index in [1.807, 2.05) is 6.08 Å². The van der Waals surface area contributed by atoms with Crippen LogP contribution in [0.5, 0.6) is 0 Å². The third-order valence-electron chi connectivity index (χ3n) is 7.46. The van der Waals surface area contributed by atoms with Crippen LogP contribution in [0, 0.1) is 11.8 Å². The number of carbonyl (C=O) groups is 4. The van der Waals surface area contributed by atoms with E-state index in [9.17, 15) is 24.3 Å². The van der Waals surface area contributed by atoms with E-state index < -0.39 is 41.7 Å². The number of likely N-dealkylation sites (tertiary alicyclic amines) is 1. The number of aliphatic hydroxyl groups excluding tert-OH is 1. The van der Waals surface area contributed by atoms with Crippen molar-refractivity contribution in [2.75, 3.05) is 32.8 Å². The van der Waals surface area contributed by atoms with Crippen LogP contribution in [0.4, 0.5) is 0 Å². The van der Waals surface area contributed by atoms with E-state index in [1.54, 1.807) is 30.1 Å². The average molecular weight is 504 g/mol. The molecule has 0 aromatic heterocycles. The second kappa shape index (κ2) is 11.1. The SMILES string of the molecule is CCCCN1CC=C[C@@]23O[C@H]4/C=C\CCC(=O)NC[C@H](C)OC(=O)[C@H]4[C@@H]2C(=O)N(CCCO)[C@H]3C1=O. The van der Waals surface area contributed by atoms with Crippen LogP contribution in [0.25, 0.3) is 0 Å². The standard InChI is InChI=1S/C26H37N3O7/c1-3-4-12-28-13-7-11-26-21(23(32)29(14-8-15-30)22(26)24(28)33)20-18(36-26)9-5-6-10-19(31)27-16-17(2)35-25(20)34/h5,7,9,11,17-18,20-22,30H,3-4,6,8,10,12-16H2,1-2H3,(H,27,31)/b9-5-/t17-,18-,20+,21+,22-,26+/m0/s1. The lowest BCUT2D eigenvalue weighted by Crippen LogP contribution is -2.55. The van der Waals surface area contributed by atoms with Gasteiger partial charge in [-0.2, -0.15) is 0 Å². The minimum atomic E-state index is -1.32. The number of rotatable bonds is 6. The second-order valence-corrected chi connectivity index (χ2v) is 10.0. The number of unbranched alkanes of at least 4 members (excludes halogenated alkanes) is 1. The zero-order valence-corrected chi connectivity index (χ0v) is 21.1. The van der Waals surface area contributed by atoms with Crippen molar-refractivity contribution in [2.24, 2.45) is 11.8 Å². The summed E-state index contributed by atoms with van der Waals surface area (Å²) in [6.07, 6.45) is 8.60. The third kappa shape index (κ3) is 4.80. The lowest BCUT2D eigenvalue weighted by atomic mass is 9.78. The highest BCUT2D eigenvalue weighted by Gasteiger charge is 2.71. The Kier molecular flexibility index (Phi) is 8.14. The van der Waals surface area contributed by atoms with Gasteiger partial charge in [-0.15, -0.1) is 0 Å². The van der Waals surface area contributed by atoms with Crippen molar-refractivity contribution in [2.45, 2.75) is 69.8 Å². The first-order chi connectivity index (χ1) is 17.3. The van der Waals surface area contributed by atoms with Gasteiger partial charge in [-0.25, -0.2) is 0 Å². The maximum absolute atomic E-state index is 13.9. The summed E-state index contributed by atoms with van der Waals surface area (Å²) in [5, 5.41) is 12.2. The van der Waals surface area contributed by atoms with Crippen molar-refractivity contribution < 1.29 is 33.8 Å². The van der Waals surface area contributed by atoms with Crippen LogP contribution in [-0.2, 0) is 28.7 Å².